The number of primary amides is 1. The quantitative estimate of drug-likeness (QED) is 0.849. The maximum absolute atomic E-state index is 12.4. The van der Waals surface area contributed by atoms with Crippen LogP contribution in [0.5, 0.6) is 0 Å². The molecule has 0 aliphatic heterocycles. The molecule has 2 aromatic rings. The fourth-order valence-electron chi connectivity index (χ4n) is 2.22. The Morgan fingerprint density at radius 1 is 1.42 bits per heavy atom. The number of aromatic nitrogens is 1. The smallest absolute Gasteiger partial charge is 0.235 e. The number of carbonyl (C=O) groups excluding carboxylic acids is 2. The van der Waals surface area contributed by atoms with Crippen LogP contribution in [-0.2, 0) is 15.0 Å². The monoisotopic (exact) mass is 260 g/mol. The number of nitrogens with two attached hydrogens (primary N) is 1. The van der Waals surface area contributed by atoms with Gasteiger partial charge in [0.25, 0.3) is 0 Å². The van der Waals surface area contributed by atoms with Crippen molar-refractivity contribution in [2.24, 2.45) is 11.7 Å². The zero-order valence-electron chi connectivity index (χ0n) is 11.1. The van der Waals surface area contributed by atoms with E-state index in [0.29, 0.717) is 16.7 Å². The molecule has 0 aliphatic carbocycles. The fourth-order valence-corrected chi connectivity index (χ4v) is 2.22. The van der Waals surface area contributed by atoms with Gasteiger partial charge in [0.2, 0.25) is 11.6 Å². The first-order chi connectivity index (χ1) is 8.89. The van der Waals surface area contributed by atoms with Crippen LogP contribution in [0.25, 0.3) is 11.1 Å². The lowest BCUT2D eigenvalue weighted by Gasteiger charge is -2.25. The summed E-state index contributed by atoms with van der Waals surface area (Å²) in [5.41, 5.74) is 4.93. The van der Waals surface area contributed by atoms with Crippen LogP contribution in [0.1, 0.15) is 26.3 Å². The summed E-state index contributed by atoms with van der Waals surface area (Å²) in [6.45, 7) is 5.02. The standard InChI is InChI=1S/C14H16N2O3/c1-8(2)11(17)14(3,13(15)18)10-7-19-12-9(10)5-4-6-16-12/h4-8H,1-3H3,(H2,15,18). The second kappa shape index (κ2) is 4.50. The second-order valence-electron chi connectivity index (χ2n) is 5.01. The average molecular weight is 260 g/mol. The van der Waals surface area contributed by atoms with E-state index in [1.54, 1.807) is 32.2 Å². The van der Waals surface area contributed by atoms with Gasteiger partial charge in [0.05, 0.1) is 6.26 Å². The average Bonchev–Trinajstić information content (AvgIpc) is 2.80. The third-order valence-corrected chi connectivity index (χ3v) is 3.40. The number of rotatable bonds is 4. The minimum Gasteiger partial charge on any atom is -0.446 e. The minimum atomic E-state index is -1.40. The van der Waals surface area contributed by atoms with E-state index in [2.05, 4.69) is 4.98 Å². The van der Waals surface area contributed by atoms with Gasteiger partial charge in [-0.25, -0.2) is 4.98 Å². The zero-order chi connectivity index (χ0) is 14.2. The summed E-state index contributed by atoms with van der Waals surface area (Å²) in [5, 5.41) is 0.637. The molecule has 0 aromatic carbocycles. The number of hydrogen-bond acceptors (Lipinski definition) is 4. The summed E-state index contributed by atoms with van der Waals surface area (Å²) in [6.07, 6.45) is 2.98. The van der Waals surface area contributed by atoms with Crippen molar-refractivity contribution in [3.63, 3.8) is 0 Å². The maximum atomic E-state index is 12.4. The third-order valence-electron chi connectivity index (χ3n) is 3.40. The zero-order valence-corrected chi connectivity index (χ0v) is 11.1. The summed E-state index contributed by atoms with van der Waals surface area (Å²) >= 11 is 0. The first-order valence-electron chi connectivity index (χ1n) is 6.06. The molecule has 1 atom stereocenters. The predicted octanol–water partition coefficient (Wildman–Crippen LogP) is 1.80. The van der Waals surface area contributed by atoms with Crippen LogP contribution in [0.15, 0.2) is 29.0 Å². The van der Waals surface area contributed by atoms with Crippen LogP contribution in [-0.4, -0.2) is 16.7 Å². The second-order valence-corrected chi connectivity index (χ2v) is 5.01. The van der Waals surface area contributed by atoms with Crippen LogP contribution >= 0.6 is 0 Å². The number of fused-ring (bicyclic) bond motifs is 1. The van der Waals surface area contributed by atoms with Gasteiger partial charge in [-0.1, -0.05) is 13.8 Å². The highest BCUT2D eigenvalue weighted by atomic mass is 16.3. The number of nitrogens with zero attached hydrogens (tertiary/aromatic N) is 1. The highest BCUT2D eigenvalue weighted by Crippen LogP contribution is 2.34. The number of amides is 1. The lowest BCUT2D eigenvalue weighted by atomic mass is 9.74. The summed E-state index contributed by atoms with van der Waals surface area (Å²) in [5.74, 6) is -1.22. The number of hydrogen-bond donors (Lipinski definition) is 1. The largest absolute Gasteiger partial charge is 0.446 e. The normalized spacial score (nSPS) is 14.5. The Labute approximate surface area is 110 Å². The van der Waals surface area contributed by atoms with Gasteiger partial charge in [-0.3, -0.25) is 9.59 Å². The summed E-state index contributed by atoms with van der Waals surface area (Å²) in [4.78, 5) is 28.3. The first kappa shape index (κ1) is 13.3. The molecule has 100 valence electrons. The molecule has 2 heterocycles. The van der Waals surface area contributed by atoms with Crippen molar-refractivity contribution in [2.45, 2.75) is 26.2 Å². The van der Waals surface area contributed by atoms with E-state index < -0.39 is 11.3 Å². The third kappa shape index (κ3) is 1.91. The maximum Gasteiger partial charge on any atom is 0.235 e. The molecule has 0 saturated carbocycles. The number of pyridine rings is 1. The van der Waals surface area contributed by atoms with Crippen molar-refractivity contribution in [3.05, 3.63) is 30.2 Å². The Morgan fingerprint density at radius 2 is 2.11 bits per heavy atom. The van der Waals surface area contributed by atoms with E-state index in [1.165, 1.54) is 13.2 Å². The van der Waals surface area contributed by atoms with Gasteiger partial charge in [0.1, 0.15) is 5.41 Å². The van der Waals surface area contributed by atoms with Gasteiger partial charge in [0.15, 0.2) is 5.78 Å². The van der Waals surface area contributed by atoms with E-state index in [9.17, 15) is 9.59 Å². The Balaban J connectivity index is 2.69. The molecular formula is C14H16N2O3. The number of furan rings is 1. The van der Waals surface area contributed by atoms with E-state index in [4.69, 9.17) is 10.2 Å². The van der Waals surface area contributed by atoms with Crippen LogP contribution < -0.4 is 5.73 Å². The lowest BCUT2D eigenvalue weighted by molar-refractivity contribution is -0.135. The Hall–Kier alpha value is -2.17. The molecule has 5 nitrogen and oxygen atoms in total. The van der Waals surface area contributed by atoms with Gasteiger partial charge in [-0.05, 0) is 19.1 Å². The fraction of sp³-hybridized carbons (Fsp3) is 0.357. The molecule has 5 heteroatoms. The highest BCUT2D eigenvalue weighted by molar-refractivity contribution is 6.13. The van der Waals surface area contributed by atoms with Crippen molar-refractivity contribution < 1.29 is 14.0 Å². The molecule has 0 saturated heterocycles. The lowest BCUT2D eigenvalue weighted by Crippen LogP contribution is -2.47. The van der Waals surface area contributed by atoms with Crippen LogP contribution in [0.2, 0.25) is 0 Å². The molecule has 0 radical (unpaired) electrons. The Bertz CT molecular complexity index is 645. The summed E-state index contributed by atoms with van der Waals surface area (Å²) < 4.78 is 5.30. The molecule has 0 spiro atoms. The molecule has 1 unspecified atom stereocenters. The predicted molar refractivity (Wildman–Crippen MR) is 70.4 cm³/mol. The SMILES string of the molecule is CC(C)C(=O)C(C)(C(N)=O)c1coc2ncccc12. The van der Waals surface area contributed by atoms with Gasteiger partial charge in [-0.15, -0.1) is 0 Å². The van der Waals surface area contributed by atoms with E-state index in [1.807, 2.05) is 0 Å². The van der Waals surface area contributed by atoms with E-state index in [0.717, 1.165) is 0 Å². The van der Waals surface area contributed by atoms with Crippen molar-refractivity contribution in [3.8, 4) is 0 Å². The molecule has 2 aromatic heterocycles. The Kier molecular flexibility index (Phi) is 3.14. The van der Waals surface area contributed by atoms with Gasteiger partial charge >= 0.3 is 0 Å². The molecule has 2 N–H and O–H groups in total. The molecule has 0 bridgehead atoms. The van der Waals surface area contributed by atoms with Gasteiger partial charge in [-0.2, -0.15) is 0 Å². The Morgan fingerprint density at radius 3 is 2.68 bits per heavy atom. The molecule has 19 heavy (non-hydrogen) atoms. The molecule has 0 aliphatic rings. The number of carbonyl (C=O) groups is 2. The van der Waals surface area contributed by atoms with Crippen molar-refractivity contribution in [2.75, 3.05) is 0 Å². The van der Waals surface area contributed by atoms with Crippen molar-refractivity contribution in [1.82, 2.24) is 4.98 Å². The van der Waals surface area contributed by atoms with Gasteiger partial charge in [0, 0.05) is 23.1 Å². The van der Waals surface area contributed by atoms with Crippen molar-refractivity contribution in [1.29, 1.82) is 0 Å². The molecule has 1 amide bonds. The van der Waals surface area contributed by atoms with Crippen LogP contribution in [0, 0.1) is 5.92 Å². The van der Waals surface area contributed by atoms with Crippen LogP contribution in [0.3, 0.4) is 0 Å². The van der Waals surface area contributed by atoms with Crippen molar-refractivity contribution >= 4 is 22.8 Å². The minimum absolute atomic E-state index is 0.230. The summed E-state index contributed by atoms with van der Waals surface area (Å²) in [7, 11) is 0. The number of Topliss-reactive ketones (excluding diaryl/α,β-unsaturated/α-hetero) is 1. The first-order valence-corrected chi connectivity index (χ1v) is 6.06. The highest BCUT2D eigenvalue weighted by Gasteiger charge is 2.44. The summed E-state index contributed by atoms with van der Waals surface area (Å²) in [6, 6.07) is 3.48. The topological polar surface area (TPSA) is 86.2 Å². The molecular weight excluding hydrogens is 244 g/mol. The van der Waals surface area contributed by atoms with Gasteiger partial charge < -0.3 is 10.2 Å². The van der Waals surface area contributed by atoms with Crippen LogP contribution in [0.4, 0.5) is 0 Å². The van der Waals surface area contributed by atoms with E-state index in [-0.39, 0.29) is 11.7 Å². The molecule has 2 rings (SSSR count). The number of ketones is 1. The van der Waals surface area contributed by atoms with E-state index >= 15 is 0 Å². The molecule has 0 fully saturated rings.